The lowest BCUT2D eigenvalue weighted by Crippen LogP contribution is -2.62. The monoisotopic (exact) mass is 518 g/mol. The topological polar surface area (TPSA) is 87.7 Å². The second-order valence-corrected chi connectivity index (χ2v) is 12.6. The predicted octanol–water partition coefficient (Wildman–Crippen LogP) is 0.587. The molecule has 4 heterocycles. The van der Waals surface area contributed by atoms with E-state index in [0.29, 0.717) is 43.6 Å². The Morgan fingerprint density at radius 3 is 1.32 bits per heavy atom. The quantitative estimate of drug-likeness (QED) is 0.453. The number of piperidine rings is 2. The average Bonchev–Trinajstić information content (AvgIpc) is 2.77. The Morgan fingerprint density at radius 2 is 0.946 bits per heavy atom. The van der Waals surface area contributed by atoms with Gasteiger partial charge in [0.1, 0.15) is 0 Å². The van der Waals surface area contributed by atoms with Crippen molar-refractivity contribution in [1.82, 2.24) is 29.4 Å². The highest BCUT2D eigenvalue weighted by Crippen LogP contribution is 2.23. The van der Waals surface area contributed by atoms with Gasteiger partial charge < -0.3 is 0 Å². The summed E-state index contributed by atoms with van der Waals surface area (Å²) in [6.45, 7) is 16.4. The molecule has 0 aromatic heterocycles. The molecule has 4 rings (SSSR count). The first kappa shape index (κ1) is 28.1. The zero-order valence-corrected chi connectivity index (χ0v) is 23.4. The molecule has 4 amide bonds. The minimum atomic E-state index is -0.170. The molecule has 37 heavy (non-hydrogen) atoms. The maximum Gasteiger partial charge on any atom is 0.244 e. The van der Waals surface area contributed by atoms with Crippen LogP contribution in [0.15, 0.2) is 0 Å². The fraction of sp³-hybridized carbons (Fsp3) is 0.852. The summed E-state index contributed by atoms with van der Waals surface area (Å²) in [6.07, 6.45) is 2.36. The van der Waals surface area contributed by atoms with Crippen molar-refractivity contribution in [1.29, 1.82) is 0 Å². The second kappa shape index (κ2) is 11.9. The third-order valence-corrected chi connectivity index (χ3v) is 8.32. The summed E-state index contributed by atoms with van der Waals surface area (Å²) in [5, 5.41) is 0. The van der Waals surface area contributed by atoms with E-state index >= 15 is 0 Å². The Morgan fingerprint density at radius 1 is 0.595 bits per heavy atom. The Labute approximate surface area is 221 Å². The molecule has 0 aromatic rings. The molecule has 5 atom stereocenters. The fourth-order valence-corrected chi connectivity index (χ4v) is 6.92. The molecule has 4 aliphatic heterocycles. The van der Waals surface area contributed by atoms with Crippen LogP contribution in [-0.2, 0) is 19.2 Å². The highest BCUT2D eigenvalue weighted by Gasteiger charge is 2.38. The lowest BCUT2D eigenvalue weighted by molar-refractivity contribution is -0.159. The Balaban J connectivity index is 1.26. The molecule has 0 saturated carbocycles. The standard InChI is InChI=1S/C27H46N6O4/c1-19-6-20(2)9-29(8-19)17-32-24(34)13-28(14-25(32)35)12-23(5)31-15-26(36)33(27(37)16-31)18-30-10-21(3)7-22(4)11-30/h19-23H,6-18H2,1-5H3. The molecule has 0 N–H and O–H groups in total. The van der Waals surface area contributed by atoms with Gasteiger partial charge in [0.15, 0.2) is 0 Å². The van der Waals surface area contributed by atoms with Crippen LogP contribution in [0.1, 0.15) is 47.5 Å². The highest BCUT2D eigenvalue weighted by molar-refractivity contribution is 6.00. The van der Waals surface area contributed by atoms with E-state index in [0.717, 1.165) is 26.2 Å². The number of likely N-dealkylation sites (tertiary alicyclic amines) is 2. The smallest absolute Gasteiger partial charge is 0.244 e. The first-order valence-electron chi connectivity index (χ1n) is 14.1. The van der Waals surface area contributed by atoms with Gasteiger partial charge in [-0.25, -0.2) is 0 Å². The summed E-state index contributed by atoms with van der Waals surface area (Å²) in [5.41, 5.74) is 0. The number of carbonyl (C=O) groups is 4. The van der Waals surface area contributed by atoms with E-state index in [2.05, 4.69) is 37.5 Å². The number of nitrogens with zero attached hydrogens (tertiary/aromatic N) is 6. The fourth-order valence-electron chi connectivity index (χ4n) is 6.92. The molecule has 10 heteroatoms. The summed E-state index contributed by atoms with van der Waals surface area (Å²) < 4.78 is 0. The van der Waals surface area contributed by atoms with Gasteiger partial charge in [0.05, 0.1) is 39.5 Å². The van der Waals surface area contributed by atoms with E-state index in [1.54, 1.807) is 0 Å². The third kappa shape index (κ3) is 7.16. The summed E-state index contributed by atoms with van der Waals surface area (Å²) >= 11 is 0. The molecule has 5 unspecified atom stereocenters. The molecule has 0 bridgehead atoms. The van der Waals surface area contributed by atoms with E-state index in [9.17, 15) is 19.2 Å². The number of carbonyl (C=O) groups excluding carboxylic acids is 4. The van der Waals surface area contributed by atoms with Gasteiger partial charge in [0.2, 0.25) is 23.6 Å². The zero-order valence-electron chi connectivity index (χ0n) is 23.4. The van der Waals surface area contributed by atoms with E-state index in [1.807, 2.05) is 16.7 Å². The molecule has 0 spiro atoms. The van der Waals surface area contributed by atoms with Crippen molar-refractivity contribution in [2.75, 3.05) is 72.2 Å². The van der Waals surface area contributed by atoms with Crippen LogP contribution in [0.3, 0.4) is 0 Å². The molecule has 0 aromatic carbocycles. The van der Waals surface area contributed by atoms with Crippen LogP contribution in [0.2, 0.25) is 0 Å². The normalized spacial score (nSPS) is 32.9. The van der Waals surface area contributed by atoms with E-state index in [1.165, 1.54) is 22.6 Å². The van der Waals surface area contributed by atoms with Gasteiger partial charge in [0, 0.05) is 38.8 Å². The van der Waals surface area contributed by atoms with E-state index < -0.39 is 0 Å². The first-order valence-corrected chi connectivity index (χ1v) is 14.1. The minimum Gasteiger partial charge on any atom is -0.285 e. The molecule has 4 fully saturated rings. The van der Waals surface area contributed by atoms with Crippen LogP contribution in [0.4, 0.5) is 0 Å². The van der Waals surface area contributed by atoms with Crippen molar-refractivity contribution in [3.8, 4) is 0 Å². The van der Waals surface area contributed by atoms with Crippen molar-refractivity contribution in [2.45, 2.75) is 53.5 Å². The van der Waals surface area contributed by atoms with Gasteiger partial charge in [0.25, 0.3) is 0 Å². The average molecular weight is 519 g/mol. The van der Waals surface area contributed by atoms with Crippen LogP contribution in [0, 0.1) is 23.7 Å². The first-order chi connectivity index (χ1) is 17.5. The van der Waals surface area contributed by atoms with E-state index in [-0.39, 0.29) is 55.8 Å². The third-order valence-electron chi connectivity index (χ3n) is 8.32. The summed E-state index contributed by atoms with van der Waals surface area (Å²) in [7, 11) is 0. The van der Waals surface area contributed by atoms with Crippen LogP contribution in [-0.4, -0.2) is 131 Å². The number of hydrogen-bond donors (Lipinski definition) is 0. The Bertz CT molecular complexity index is 827. The van der Waals surface area contributed by atoms with Crippen LogP contribution in [0.25, 0.3) is 0 Å². The second-order valence-electron chi connectivity index (χ2n) is 12.6. The molecule has 0 radical (unpaired) electrons. The van der Waals surface area contributed by atoms with E-state index in [4.69, 9.17) is 0 Å². The number of rotatable bonds is 7. The summed E-state index contributed by atoms with van der Waals surface area (Å²) in [4.78, 5) is 62.6. The van der Waals surface area contributed by atoms with Gasteiger partial charge in [-0.1, -0.05) is 27.7 Å². The summed E-state index contributed by atoms with van der Waals surface area (Å²) in [5.74, 6) is 1.57. The number of hydrogen-bond acceptors (Lipinski definition) is 8. The maximum absolute atomic E-state index is 12.9. The molecule has 4 aliphatic rings. The van der Waals surface area contributed by atoms with Crippen LogP contribution in [0.5, 0.6) is 0 Å². The van der Waals surface area contributed by atoms with Crippen molar-refractivity contribution in [3.05, 3.63) is 0 Å². The largest absolute Gasteiger partial charge is 0.285 e. The number of imide groups is 2. The zero-order chi connectivity index (χ0) is 26.9. The van der Waals surface area contributed by atoms with Crippen molar-refractivity contribution >= 4 is 23.6 Å². The maximum atomic E-state index is 12.9. The van der Waals surface area contributed by atoms with Gasteiger partial charge >= 0.3 is 0 Å². The molecular formula is C27H46N6O4. The van der Waals surface area contributed by atoms with Crippen molar-refractivity contribution < 1.29 is 19.2 Å². The molecular weight excluding hydrogens is 472 g/mol. The molecule has 0 aliphatic carbocycles. The van der Waals surface area contributed by atoms with Crippen molar-refractivity contribution in [2.24, 2.45) is 23.7 Å². The SMILES string of the molecule is CC1CC(C)CN(CN2C(=O)CN(CC(C)N3CC(=O)N(CN4CC(C)CC(C)C4)C(=O)C3)CC2=O)C1. The van der Waals surface area contributed by atoms with Gasteiger partial charge in [-0.3, -0.25) is 48.6 Å². The summed E-state index contributed by atoms with van der Waals surface area (Å²) in [6, 6.07) is -0.124. The predicted molar refractivity (Wildman–Crippen MR) is 140 cm³/mol. The lowest BCUT2D eigenvalue weighted by atomic mass is 9.92. The highest BCUT2D eigenvalue weighted by atomic mass is 16.2. The van der Waals surface area contributed by atoms with Gasteiger partial charge in [-0.05, 0) is 43.4 Å². The van der Waals surface area contributed by atoms with Gasteiger partial charge in [-0.2, -0.15) is 0 Å². The molecule has 208 valence electrons. The lowest BCUT2D eigenvalue weighted by Gasteiger charge is -2.42. The van der Waals surface area contributed by atoms with Crippen molar-refractivity contribution in [3.63, 3.8) is 0 Å². The number of piperazine rings is 2. The Hall–Kier alpha value is -1.88. The van der Waals surface area contributed by atoms with Gasteiger partial charge in [-0.15, -0.1) is 0 Å². The molecule has 10 nitrogen and oxygen atoms in total. The number of amides is 4. The van der Waals surface area contributed by atoms with Crippen LogP contribution < -0.4 is 0 Å². The minimum absolute atomic E-state index is 0.124. The molecule has 4 saturated heterocycles. The Kier molecular flexibility index (Phi) is 9.04. The van der Waals surface area contributed by atoms with Crippen LogP contribution >= 0.6 is 0 Å².